The van der Waals surface area contributed by atoms with Crippen molar-refractivity contribution in [1.82, 2.24) is 20.0 Å². The Labute approximate surface area is 109 Å². The van der Waals surface area contributed by atoms with Crippen LogP contribution in [0.5, 0.6) is 0 Å². The Balaban J connectivity index is 1.70. The SMILES string of the molecule is CC(C)N1CCOC(CNCc2cnn(C)c2)C1. The fourth-order valence-electron chi connectivity index (χ4n) is 2.28. The van der Waals surface area contributed by atoms with Gasteiger partial charge in [-0.3, -0.25) is 9.58 Å². The molecule has 1 aliphatic heterocycles. The molecule has 0 aliphatic carbocycles. The van der Waals surface area contributed by atoms with Crippen molar-refractivity contribution < 1.29 is 4.74 Å². The number of rotatable bonds is 5. The van der Waals surface area contributed by atoms with Gasteiger partial charge in [0.1, 0.15) is 0 Å². The summed E-state index contributed by atoms with van der Waals surface area (Å²) in [5.74, 6) is 0. The molecule has 1 atom stereocenters. The Hall–Kier alpha value is -0.910. The van der Waals surface area contributed by atoms with E-state index in [1.54, 1.807) is 0 Å². The van der Waals surface area contributed by atoms with Gasteiger partial charge in [0, 0.05) is 51.0 Å². The van der Waals surface area contributed by atoms with Crippen LogP contribution in [0.25, 0.3) is 0 Å². The number of aryl methyl sites for hydroxylation is 1. The number of aromatic nitrogens is 2. The van der Waals surface area contributed by atoms with Gasteiger partial charge in [-0.05, 0) is 13.8 Å². The standard InChI is InChI=1S/C13H24N4O/c1-11(2)17-4-5-18-13(10-17)8-14-6-12-7-15-16(3)9-12/h7,9,11,13-14H,4-6,8,10H2,1-3H3. The zero-order valence-electron chi connectivity index (χ0n) is 11.6. The summed E-state index contributed by atoms with van der Waals surface area (Å²) in [5.41, 5.74) is 1.22. The average molecular weight is 252 g/mol. The molecule has 1 saturated heterocycles. The first-order valence-electron chi connectivity index (χ1n) is 6.69. The minimum Gasteiger partial charge on any atom is -0.374 e. The van der Waals surface area contributed by atoms with Crippen LogP contribution in [0, 0.1) is 0 Å². The molecule has 1 fully saturated rings. The summed E-state index contributed by atoms with van der Waals surface area (Å²) < 4.78 is 7.60. The number of nitrogens with zero attached hydrogens (tertiary/aromatic N) is 3. The van der Waals surface area contributed by atoms with Gasteiger partial charge in [0.25, 0.3) is 0 Å². The predicted molar refractivity (Wildman–Crippen MR) is 71.4 cm³/mol. The molecule has 2 rings (SSSR count). The summed E-state index contributed by atoms with van der Waals surface area (Å²) >= 11 is 0. The van der Waals surface area contributed by atoms with Crippen molar-refractivity contribution in [2.24, 2.45) is 7.05 Å². The van der Waals surface area contributed by atoms with Crippen LogP contribution < -0.4 is 5.32 Å². The molecule has 0 bridgehead atoms. The fraction of sp³-hybridized carbons (Fsp3) is 0.769. The lowest BCUT2D eigenvalue weighted by Gasteiger charge is -2.35. The highest BCUT2D eigenvalue weighted by atomic mass is 16.5. The molecule has 2 heterocycles. The number of hydrogen-bond acceptors (Lipinski definition) is 4. The summed E-state index contributed by atoms with van der Waals surface area (Å²) in [6, 6.07) is 0.606. The molecule has 0 aromatic carbocycles. The summed E-state index contributed by atoms with van der Waals surface area (Å²) in [5, 5.41) is 7.59. The van der Waals surface area contributed by atoms with Crippen LogP contribution in [0.15, 0.2) is 12.4 Å². The van der Waals surface area contributed by atoms with E-state index in [2.05, 4.69) is 29.2 Å². The molecule has 0 spiro atoms. The van der Waals surface area contributed by atoms with E-state index in [-0.39, 0.29) is 0 Å². The Kier molecular flexibility index (Phi) is 4.74. The molecule has 1 aliphatic rings. The molecule has 1 unspecified atom stereocenters. The summed E-state index contributed by atoms with van der Waals surface area (Å²) in [7, 11) is 1.94. The van der Waals surface area contributed by atoms with Gasteiger partial charge in [0.2, 0.25) is 0 Å². The lowest BCUT2D eigenvalue weighted by Crippen LogP contribution is -2.48. The van der Waals surface area contributed by atoms with E-state index in [4.69, 9.17) is 4.74 Å². The van der Waals surface area contributed by atoms with E-state index >= 15 is 0 Å². The molecular formula is C13H24N4O. The zero-order valence-corrected chi connectivity index (χ0v) is 11.6. The van der Waals surface area contributed by atoms with Crippen LogP contribution in [0.1, 0.15) is 19.4 Å². The zero-order chi connectivity index (χ0) is 13.0. The molecule has 1 aromatic heterocycles. The molecular weight excluding hydrogens is 228 g/mol. The largest absolute Gasteiger partial charge is 0.374 e. The third-order valence-electron chi connectivity index (χ3n) is 3.36. The first-order valence-corrected chi connectivity index (χ1v) is 6.69. The van der Waals surface area contributed by atoms with Gasteiger partial charge < -0.3 is 10.1 Å². The maximum absolute atomic E-state index is 5.78. The topological polar surface area (TPSA) is 42.3 Å². The summed E-state index contributed by atoms with van der Waals surface area (Å²) in [6.07, 6.45) is 4.24. The maximum Gasteiger partial charge on any atom is 0.0826 e. The molecule has 0 radical (unpaired) electrons. The minimum absolute atomic E-state index is 0.304. The highest BCUT2D eigenvalue weighted by molar-refractivity contribution is 5.02. The Morgan fingerprint density at radius 3 is 3.06 bits per heavy atom. The monoisotopic (exact) mass is 252 g/mol. The van der Waals surface area contributed by atoms with Crippen molar-refractivity contribution in [3.8, 4) is 0 Å². The van der Waals surface area contributed by atoms with Crippen molar-refractivity contribution in [2.75, 3.05) is 26.2 Å². The van der Waals surface area contributed by atoms with Gasteiger partial charge in [0.15, 0.2) is 0 Å². The van der Waals surface area contributed by atoms with Crippen LogP contribution in [-0.4, -0.2) is 53.1 Å². The third kappa shape index (κ3) is 3.80. The molecule has 1 N–H and O–H groups in total. The average Bonchev–Trinajstić information content (AvgIpc) is 2.75. The number of morpholine rings is 1. The molecule has 5 nitrogen and oxygen atoms in total. The van der Waals surface area contributed by atoms with Gasteiger partial charge in [-0.1, -0.05) is 0 Å². The van der Waals surface area contributed by atoms with Crippen LogP contribution in [-0.2, 0) is 18.3 Å². The van der Waals surface area contributed by atoms with E-state index < -0.39 is 0 Å². The Morgan fingerprint density at radius 2 is 2.39 bits per heavy atom. The van der Waals surface area contributed by atoms with Gasteiger partial charge in [-0.25, -0.2) is 0 Å². The van der Waals surface area contributed by atoms with Gasteiger partial charge >= 0.3 is 0 Å². The smallest absolute Gasteiger partial charge is 0.0826 e. The van der Waals surface area contributed by atoms with E-state index in [9.17, 15) is 0 Å². The molecule has 18 heavy (non-hydrogen) atoms. The van der Waals surface area contributed by atoms with Gasteiger partial charge in [0.05, 0.1) is 18.9 Å². The fourth-order valence-corrected chi connectivity index (χ4v) is 2.28. The van der Waals surface area contributed by atoms with Gasteiger partial charge in [-0.2, -0.15) is 5.10 Å². The lowest BCUT2D eigenvalue weighted by molar-refractivity contribution is -0.0372. The number of nitrogens with one attached hydrogen (secondary N) is 1. The molecule has 0 saturated carbocycles. The summed E-state index contributed by atoms with van der Waals surface area (Å²) in [4.78, 5) is 2.47. The highest BCUT2D eigenvalue weighted by Crippen LogP contribution is 2.08. The highest BCUT2D eigenvalue weighted by Gasteiger charge is 2.21. The number of hydrogen-bond donors (Lipinski definition) is 1. The van der Waals surface area contributed by atoms with Crippen LogP contribution in [0.3, 0.4) is 0 Å². The lowest BCUT2D eigenvalue weighted by atomic mass is 10.2. The Morgan fingerprint density at radius 1 is 1.56 bits per heavy atom. The third-order valence-corrected chi connectivity index (χ3v) is 3.36. The molecule has 102 valence electrons. The predicted octanol–water partition coefficient (Wildman–Crippen LogP) is 0.619. The van der Waals surface area contributed by atoms with E-state index in [0.717, 1.165) is 32.8 Å². The van der Waals surface area contributed by atoms with Crippen molar-refractivity contribution in [1.29, 1.82) is 0 Å². The maximum atomic E-state index is 5.78. The number of ether oxygens (including phenoxy) is 1. The van der Waals surface area contributed by atoms with Crippen LogP contribution in [0.2, 0.25) is 0 Å². The molecule has 0 amide bonds. The normalized spacial score (nSPS) is 21.7. The van der Waals surface area contributed by atoms with E-state index in [1.165, 1.54) is 5.56 Å². The van der Waals surface area contributed by atoms with Crippen molar-refractivity contribution in [3.05, 3.63) is 18.0 Å². The van der Waals surface area contributed by atoms with Gasteiger partial charge in [-0.15, -0.1) is 0 Å². The van der Waals surface area contributed by atoms with Crippen LogP contribution in [0.4, 0.5) is 0 Å². The Bertz CT molecular complexity index is 364. The van der Waals surface area contributed by atoms with Crippen molar-refractivity contribution >= 4 is 0 Å². The second-order valence-corrected chi connectivity index (χ2v) is 5.23. The molecule has 1 aromatic rings. The second kappa shape index (κ2) is 6.31. The summed E-state index contributed by atoms with van der Waals surface area (Å²) in [6.45, 7) is 9.16. The molecule has 5 heteroatoms. The van der Waals surface area contributed by atoms with E-state index in [1.807, 2.05) is 24.1 Å². The first kappa shape index (κ1) is 13.5. The van der Waals surface area contributed by atoms with Crippen molar-refractivity contribution in [3.63, 3.8) is 0 Å². The van der Waals surface area contributed by atoms with E-state index in [0.29, 0.717) is 12.1 Å². The quantitative estimate of drug-likeness (QED) is 0.834. The minimum atomic E-state index is 0.304. The van der Waals surface area contributed by atoms with Crippen molar-refractivity contribution in [2.45, 2.75) is 32.5 Å². The first-order chi connectivity index (χ1) is 8.65. The van der Waals surface area contributed by atoms with Crippen LogP contribution >= 0.6 is 0 Å². The second-order valence-electron chi connectivity index (χ2n) is 5.23.